The van der Waals surface area contributed by atoms with E-state index in [1.807, 2.05) is 44.3 Å². The van der Waals surface area contributed by atoms with E-state index in [0.29, 0.717) is 22.7 Å². The van der Waals surface area contributed by atoms with E-state index in [-0.39, 0.29) is 5.91 Å². The number of rotatable bonds is 6. The van der Waals surface area contributed by atoms with E-state index in [4.69, 9.17) is 4.42 Å². The summed E-state index contributed by atoms with van der Waals surface area (Å²) < 4.78 is 7.18. The number of carbonyl (C=O) groups excluding carboxylic acids is 1. The van der Waals surface area contributed by atoms with Crippen molar-refractivity contribution in [2.24, 2.45) is 7.05 Å². The van der Waals surface area contributed by atoms with Crippen LogP contribution in [0.15, 0.2) is 53.1 Å². The first-order valence-electron chi connectivity index (χ1n) is 9.85. The first-order chi connectivity index (χ1) is 14.4. The van der Waals surface area contributed by atoms with Crippen LogP contribution in [0.25, 0.3) is 22.5 Å². The second-order valence-electron chi connectivity index (χ2n) is 7.64. The lowest BCUT2D eigenvalue weighted by molar-refractivity contribution is 0.102. The maximum absolute atomic E-state index is 13.2. The second-order valence-corrected chi connectivity index (χ2v) is 7.64. The number of anilines is 1. The molecule has 7 heteroatoms. The van der Waals surface area contributed by atoms with Crippen LogP contribution >= 0.6 is 0 Å². The zero-order valence-electron chi connectivity index (χ0n) is 17.6. The van der Waals surface area contributed by atoms with E-state index in [1.165, 1.54) is 5.56 Å². The predicted octanol–water partition coefficient (Wildman–Crippen LogP) is 3.89. The molecule has 0 atom stereocenters. The molecule has 0 saturated heterocycles. The summed E-state index contributed by atoms with van der Waals surface area (Å²) in [7, 11) is 5.94. The molecule has 7 nitrogen and oxygen atoms in total. The van der Waals surface area contributed by atoms with E-state index < -0.39 is 0 Å². The zero-order chi connectivity index (χ0) is 21.3. The van der Waals surface area contributed by atoms with Crippen LogP contribution in [-0.2, 0) is 13.5 Å². The third kappa shape index (κ3) is 3.97. The predicted molar refractivity (Wildman–Crippen MR) is 118 cm³/mol. The molecule has 154 valence electrons. The van der Waals surface area contributed by atoms with Gasteiger partial charge in [-0.3, -0.25) is 9.48 Å². The van der Waals surface area contributed by atoms with Crippen LogP contribution in [0.5, 0.6) is 0 Å². The molecule has 0 aliphatic carbocycles. The molecule has 30 heavy (non-hydrogen) atoms. The highest BCUT2D eigenvalue weighted by Gasteiger charge is 2.20. The Morgan fingerprint density at radius 2 is 1.97 bits per heavy atom. The Hall–Kier alpha value is -3.45. The zero-order valence-corrected chi connectivity index (χ0v) is 17.6. The number of fused-ring (bicyclic) bond motifs is 1. The SMILES string of the molecule is Cc1nn(C)c2nc(-c3ccco3)cc(C(=O)Nc3ccc(CCN(C)C)cc3)c12. The molecule has 4 aromatic rings. The van der Waals surface area contributed by atoms with E-state index >= 15 is 0 Å². The fourth-order valence-electron chi connectivity index (χ4n) is 3.48. The van der Waals surface area contributed by atoms with Gasteiger partial charge in [-0.25, -0.2) is 4.98 Å². The summed E-state index contributed by atoms with van der Waals surface area (Å²) in [5.74, 6) is 0.405. The summed E-state index contributed by atoms with van der Waals surface area (Å²) in [5, 5.41) is 8.20. The van der Waals surface area contributed by atoms with Gasteiger partial charge in [0, 0.05) is 19.3 Å². The number of carbonyl (C=O) groups is 1. The molecular weight excluding hydrogens is 378 g/mol. The van der Waals surface area contributed by atoms with Gasteiger partial charge >= 0.3 is 0 Å². The molecule has 0 aliphatic heterocycles. The van der Waals surface area contributed by atoms with E-state index in [1.54, 1.807) is 23.1 Å². The van der Waals surface area contributed by atoms with Gasteiger partial charge in [-0.1, -0.05) is 12.1 Å². The van der Waals surface area contributed by atoms with Crippen molar-refractivity contribution in [3.63, 3.8) is 0 Å². The molecule has 0 fully saturated rings. The number of benzene rings is 1. The van der Waals surface area contributed by atoms with Gasteiger partial charge in [0.15, 0.2) is 11.4 Å². The van der Waals surface area contributed by atoms with E-state index in [9.17, 15) is 4.79 Å². The van der Waals surface area contributed by atoms with Crippen LogP contribution in [0.3, 0.4) is 0 Å². The number of amides is 1. The van der Waals surface area contributed by atoms with Gasteiger partial charge in [-0.15, -0.1) is 0 Å². The number of aryl methyl sites for hydroxylation is 2. The van der Waals surface area contributed by atoms with Gasteiger partial charge < -0.3 is 14.6 Å². The van der Waals surface area contributed by atoms with Crippen molar-refractivity contribution < 1.29 is 9.21 Å². The molecule has 0 spiro atoms. The number of nitrogens with one attached hydrogen (secondary N) is 1. The minimum Gasteiger partial charge on any atom is -0.463 e. The first kappa shape index (κ1) is 19.8. The highest BCUT2D eigenvalue weighted by Crippen LogP contribution is 2.27. The van der Waals surface area contributed by atoms with Crippen LogP contribution in [0.4, 0.5) is 5.69 Å². The molecule has 3 heterocycles. The van der Waals surface area contributed by atoms with Crippen LogP contribution in [-0.4, -0.2) is 46.2 Å². The summed E-state index contributed by atoms with van der Waals surface area (Å²) in [6.45, 7) is 2.86. The quantitative estimate of drug-likeness (QED) is 0.529. The molecule has 0 unspecified atom stereocenters. The normalized spacial score (nSPS) is 11.4. The molecule has 0 bridgehead atoms. The number of aromatic nitrogens is 3. The van der Waals surface area contributed by atoms with Crippen molar-refractivity contribution >= 4 is 22.6 Å². The summed E-state index contributed by atoms with van der Waals surface area (Å²) >= 11 is 0. The smallest absolute Gasteiger partial charge is 0.256 e. The van der Waals surface area contributed by atoms with Crippen LogP contribution < -0.4 is 5.32 Å². The van der Waals surface area contributed by atoms with Gasteiger partial charge in [0.1, 0.15) is 5.69 Å². The molecule has 1 aromatic carbocycles. The van der Waals surface area contributed by atoms with Crippen molar-refractivity contribution in [1.29, 1.82) is 0 Å². The molecule has 1 N–H and O–H groups in total. The summed E-state index contributed by atoms with van der Waals surface area (Å²) in [4.78, 5) is 20.0. The summed E-state index contributed by atoms with van der Waals surface area (Å²) in [5.41, 5.74) is 4.50. The number of pyridine rings is 1. The van der Waals surface area contributed by atoms with Gasteiger partial charge in [0.05, 0.1) is 22.9 Å². The lowest BCUT2D eigenvalue weighted by Gasteiger charge is -2.11. The standard InChI is InChI=1S/C23H25N5O2/c1-15-21-18(14-19(20-6-5-13-30-20)25-22(21)28(4)26-15)23(29)24-17-9-7-16(8-10-17)11-12-27(2)3/h5-10,13-14H,11-12H2,1-4H3,(H,24,29). The largest absolute Gasteiger partial charge is 0.463 e. The Morgan fingerprint density at radius 3 is 2.63 bits per heavy atom. The minimum atomic E-state index is -0.202. The Balaban J connectivity index is 1.66. The second kappa shape index (κ2) is 8.12. The molecule has 3 aromatic heterocycles. The average Bonchev–Trinajstić information content (AvgIpc) is 3.35. The molecule has 0 saturated carbocycles. The average molecular weight is 403 g/mol. The summed E-state index contributed by atoms with van der Waals surface area (Å²) in [6, 6.07) is 13.3. The maximum Gasteiger partial charge on any atom is 0.256 e. The topological polar surface area (TPSA) is 76.2 Å². The van der Waals surface area contributed by atoms with E-state index in [2.05, 4.69) is 34.4 Å². The van der Waals surface area contributed by atoms with Gasteiger partial charge in [0.25, 0.3) is 5.91 Å². The van der Waals surface area contributed by atoms with Crippen LogP contribution in [0, 0.1) is 6.92 Å². The molecule has 0 radical (unpaired) electrons. The van der Waals surface area contributed by atoms with Crippen LogP contribution in [0.1, 0.15) is 21.6 Å². The molecule has 1 amide bonds. The minimum absolute atomic E-state index is 0.202. The third-order valence-corrected chi connectivity index (χ3v) is 5.05. The van der Waals surface area contributed by atoms with Crippen molar-refractivity contribution in [2.75, 3.05) is 26.0 Å². The lowest BCUT2D eigenvalue weighted by atomic mass is 10.1. The number of hydrogen-bond acceptors (Lipinski definition) is 5. The Morgan fingerprint density at radius 1 is 1.20 bits per heavy atom. The Labute approximate surface area is 175 Å². The lowest BCUT2D eigenvalue weighted by Crippen LogP contribution is -2.15. The number of furan rings is 1. The molecular formula is C23H25N5O2. The van der Waals surface area contributed by atoms with Crippen molar-refractivity contribution in [2.45, 2.75) is 13.3 Å². The molecule has 0 aliphatic rings. The number of likely N-dealkylation sites (N-methyl/N-ethyl adjacent to an activating group) is 1. The van der Waals surface area contributed by atoms with Gasteiger partial charge in [0.2, 0.25) is 0 Å². The van der Waals surface area contributed by atoms with E-state index in [0.717, 1.165) is 29.7 Å². The first-order valence-corrected chi connectivity index (χ1v) is 9.85. The third-order valence-electron chi connectivity index (χ3n) is 5.05. The molecule has 4 rings (SSSR count). The Kier molecular flexibility index (Phi) is 5.37. The fourth-order valence-corrected chi connectivity index (χ4v) is 3.48. The monoisotopic (exact) mass is 403 g/mol. The number of nitrogens with zero attached hydrogens (tertiary/aromatic N) is 4. The van der Waals surface area contributed by atoms with Crippen molar-refractivity contribution in [3.05, 3.63) is 65.5 Å². The van der Waals surface area contributed by atoms with Crippen molar-refractivity contribution in [1.82, 2.24) is 19.7 Å². The highest BCUT2D eigenvalue weighted by molar-refractivity contribution is 6.13. The fraction of sp³-hybridized carbons (Fsp3) is 0.261. The highest BCUT2D eigenvalue weighted by atomic mass is 16.3. The Bertz CT molecular complexity index is 1170. The van der Waals surface area contributed by atoms with Gasteiger partial charge in [-0.2, -0.15) is 5.10 Å². The summed E-state index contributed by atoms with van der Waals surface area (Å²) in [6.07, 6.45) is 2.56. The van der Waals surface area contributed by atoms with Crippen molar-refractivity contribution in [3.8, 4) is 11.5 Å². The van der Waals surface area contributed by atoms with Crippen LogP contribution in [0.2, 0.25) is 0 Å². The maximum atomic E-state index is 13.2. The number of hydrogen-bond donors (Lipinski definition) is 1. The van der Waals surface area contributed by atoms with Gasteiger partial charge in [-0.05, 0) is 63.3 Å².